The van der Waals surface area contributed by atoms with Crippen LogP contribution in [0.15, 0.2) is 0 Å². The third-order valence-corrected chi connectivity index (χ3v) is 8.90. The minimum atomic E-state index is -0.120. The van der Waals surface area contributed by atoms with Crippen molar-refractivity contribution in [3.63, 3.8) is 0 Å². The Balaban J connectivity index is 1.53. The van der Waals surface area contributed by atoms with Gasteiger partial charge < -0.3 is 9.84 Å². The topological polar surface area (TPSA) is 46.5 Å². The van der Waals surface area contributed by atoms with E-state index in [1.54, 1.807) is 0 Å². The maximum atomic E-state index is 11.3. The quantitative estimate of drug-likeness (QED) is 0.726. The van der Waals surface area contributed by atoms with Gasteiger partial charge in [0.15, 0.2) is 0 Å². The fraction of sp³-hybridized carbons (Fsp3) is 0.952. The summed E-state index contributed by atoms with van der Waals surface area (Å²) in [5, 5.41) is 10.5. The molecule has 0 aromatic heterocycles. The van der Waals surface area contributed by atoms with E-state index in [0.717, 1.165) is 37.0 Å². The first kappa shape index (κ1) is 16.9. The number of ether oxygens (including phenoxy) is 1. The van der Waals surface area contributed by atoms with E-state index in [4.69, 9.17) is 4.74 Å². The van der Waals surface area contributed by atoms with Gasteiger partial charge in [-0.1, -0.05) is 13.8 Å². The summed E-state index contributed by atoms with van der Waals surface area (Å²) < 4.78 is 5.55. The predicted molar refractivity (Wildman–Crippen MR) is 93.3 cm³/mol. The van der Waals surface area contributed by atoms with Crippen molar-refractivity contribution in [2.75, 3.05) is 0 Å². The van der Waals surface area contributed by atoms with Crippen LogP contribution in [0.3, 0.4) is 0 Å². The normalized spacial score (nSPS) is 53.7. The van der Waals surface area contributed by atoms with E-state index < -0.39 is 0 Å². The van der Waals surface area contributed by atoms with E-state index in [0.29, 0.717) is 11.3 Å². The largest absolute Gasteiger partial charge is 0.463 e. The van der Waals surface area contributed by atoms with E-state index in [1.165, 1.54) is 45.4 Å². The molecule has 0 radical (unpaired) electrons. The lowest BCUT2D eigenvalue weighted by atomic mass is 9.45. The number of esters is 1. The van der Waals surface area contributed by atoms with Crippen LogP contribution in [0.1, 0.15) is 78.6 Å². The number of aliphatic hydroxyl groups is 1. The lowest BCUT2D eigenvalue weighted by Gasteiger charge is -2.60. The van der Waals surface area contributed by atoms with Crippen molar-refractivity contribution < 1.29 is 14.6 Å². The Morgan fingerprint density at radius 1 is 0.958 bits per heavy atom. The second kappa shape index (κ2) is 5.72. The SMILES string of the molecule is CC(=O)O[C@H]1CC[C@@]2(C)[C@@H](CC[C@@H]3[C@@H]2CC[C@]2(C)[C@@H](O)CC[C@@H]32)C1. The van der Waals surface area contributed by atoms with Crippen molar-refractivity contribution in [2.45, 2.75) is 90.8 Å². The Morgan fingerprint density at radius 3 is 2.42 bits per heavy atom. The molecule has 0 saturated heterocycles. The molecule has 4 saturated carbocycles. The molecule has 4 rings (SSSR count). The zero-order chi connectivity index (χ0) is 17.1. The lowest BCUT2D eigenvalue weighted by molar-refractivity contribution is -0.161. The Kier molecular flexibility index (Phi) is 4.02. The van der Waals surface area contributed by atoms with Gasteiger partial charge in [0.2, 0.25) is 0 Å². The lowest BCUT2D eigenvalue weighted by Crippen LogP contribution is -2.54. The van der Waals surface area contributed by atoms with E-state index in [9.17, 15) is 9.90 Å². The van der Waals surface area contributed by atoms with Gasteiger partial charge in [0, 0.05) is 6.92 Å². The average molecular weight is 335 g/mol. The molecule has 4 fully saturated rings. The molecule has 8 atom stereocenters. The molecule has 0 bridgehead atoms. The fourth-order valence-corrected chi connectivity index (χ4v) is 7.53. The average Bonchev–Trinajstić information content (AvgIpc) is 2.83. The van der Waals surface area contributed by atoms with Gasteiger partial charge in [0.25, 0.3) is 0 Å². The summed E-state index contributed by atoms with van der Waals surface area (Å²) in [6.45, 7) is 6.43. The maximum absolute atomic E-state index is 11.3. The highest BCUT2D eigenvalue weighted by molar-refractivity contribution is 5.66. The van der Waals surface area contributed by atoms with Gasteiger partial charge in [0.1, 0.15) is 6.10 Å². The van der Waals surface area contributed by atoms with Gasteiger partial charge in [-0.2, -0.15) is 0 Å². The first-order valence-corrected chi connectivity index (χ1v) is 10.2. The number of hydrogen-bond donors (Lipinski definition) is 1. The van der Waals surface area contributed by atoms with Crippen LogP contribution in [-0.2, 0) is 9.53 Å². The Labute approximate surface area is 146 Å². The fourth-order valence-electron chi connectivity index (χ4n) is 7.53. The smallest absolute Gasteiger partial charge is 0.302 e. The van der Waals surface area contributed by atoms with Crippen LogP contribution in [0.4, 0.5) is 0 Å². The van der Waals surface area contributed by atoms with Crippen molar-refractivity contribution in [3.05, 3.63) is 0 Å². The molecule has 136 valence electrons. The summed E-state index contributed by atoms with van der Waals surface area (Å²) in [7, 11) is 0. The van der Waals surface area contributed by atoms with Crippen molar-refractivity contribution in [1.29, 1.82) is 0 Å². The molecule has 0 aliphatic heterocycles. The van der Waals surface area contributed by atoms with Crippen molar-refractivity contribution in [3.8, 4) is 0 Å². The molecule has 3 heteroatoms. The molecule has 4 aliphatic carbocycles. The molecular formula is C21H34O3. The summed E-state index contributed by atoms with van der Waals surface area (Å²) in [6, 6.07) is 0. The summed E-state index contributed by atoms with van der Waals surface area (Å²) in [5.41, 5.74) is 0.605. The van der Waals surface area contributed by atoms with Crippen LogP contribution in [0, 0.1) is 34.5 Å². The van der Waals surface area contributed by atoms with Gasteiger partial charge in [0.05, 0.1) is 6.10 Å². The summed E-state index contributed by atoms with van der Waals surface area (Å²) in [4.78, 5) is 11.3. The highest BCUT2D eigenvalue weighted by Crippen LogP contribution is 2.66. The number of hydrogen-bond acceptors (Lipinski definition) is 3. The molecule has 0 aromatic carbocycles. The molecule has 0 aromatic rings. The standard InChI is InChI=1S/C21H34O3/c1-13(22)24-15-8-10-20(2)14(12-15)4-5-16-17-6-7-19(23)21(17,3)11-9-18(16)20/h14-19,23H,4-12H2,1-3H3/t14-,15-,16-,17-,18-,19-,20-,21-/m0/s1. The predicted octanol–water partition coefficient (Wildman–Crippen LogP) is 4.32. The van der Waals surface area contributed by atoms with E-state index in [2.05, 4.69) is 13.8 Å². The van der Waals surface area contributed by atoms with Crippen LogP contribution >= 0.6 is 0 Å². The van der Waals surface area contributed by atoms with Gasteiger partial charge in [-0.25, -0.2) is 0 Å². The van der Waals surface area contributed by atoms with Crippen molar-refractivity contribution in [2.24, 2.45) is 34.5 Å². The highest BCUT2D eigenvalue weighted by Gasteiger charge is 2.60. The molecule has 0 amide bonds. The molecular weight excluding hydrogens is 300 g/mol. The first-order valence-electron chi connectivity index (χ1n) is 10.2. The van der Waals surface area contributed by atoms with Gasteiger partial charge in [-0.3, -0.25) is 4.79 Å². The number of rotatable bonds is 1. The molecule has 0 spiro atoms. The second-order valence-electron chi connectivity index (χ2n) is 9.80. The molecule has 1 N–H and O–H groups in total. The summed E-state index contributed by atoms with van der Waals surface area (Å²) in [6.07, 6.45) is 10.8. The maximum Gasteiger partial charge on any atom is 0.302 e. The molecule has 4 aliphatic rings. The van der Waals surface area contributed by atoms with E-state index in [-0.39, 0.29) is 23.6 Å². The third-order valence-electron chi connectivity index (χ3n) is 8.90. The molecule has 24 heavy (non-hydrogen) atoms. The van der Waals surface area contributed by atoms with Crippen LogP contribution in [0.5, 0.6) is 0 Å². The van der Waals surface area contributed by atoms with E-state index >= 15 is 0 Å². The van der Waals surface area contributed by atoms with Crippen LogP contribution < -0.4 is 0 Å². The van der Waals surface area contributed by atoms with Crippen LogP contribution in [-0.4, -0.2) is 23.3 Å². The molecule has 3 nitrogen and oxygen atoms in total. The second-order valence-corrected chi connectivity index (χ2v) is 9.80. The monoisotopic (exact) mass is 334 g/mol. The summed E-state index contributed by atoms with van der Waals surface area (Å²) in [5.74, 6) is 2.96. The minimum absolute atomic E-state index is 0.0753. The molecule has 0 unspecified atom stereocenters. The number of fused-ring (bicyclic) bond motifs is 5. The zero-order valence-electron chi connectivity index (χ0n) is 15.6. The zero-order valence-corrected chi connectivity index (χ0v) is 15.6. The molecule has 0 heterocycles. The van der Waals surface area contributed by atoms with Gasteiger partial charge in [-0.05, 0) is 92.3 Å². The van der Waals surface area contributed by atoms with Gasteiger partial charge in [-0.15, -0.1) is 0 Å². The minimum Gasteiger partial charge on any atom is -0.463 e. The van der Waals surface area contributed by atoms with Crippen LogP contribution in [0.25, 0.3) is 0 Å². The third kappa shape index (κ3) is 2.37. The Hall–Kier alpha value is -0.570. The van der Waals surface area contributed by atoms with Crippen molar-refractivity contribution in [1.82, 2.24) is 0 Å². The van der Waals surface area contributed by atoms with Crippen LogP contribution in [0.2, 0.25) is 0 Å². The van der Waals surface area contributed by atoms with Crippen molar-refractivity contribution >= 4 is 5.97 Å². The first-order chi connectivity index (χ1) is 11.3. The number of aliphatic hydroxyl groups excluding tert-OH is 1. The Bertz CT molecular complexity index is 517. The number of carbonyl (C=O) groups is 1. The van der Waals surface area contributed by atoms with E-state index in [1.807, 2.05) is 0 Å². The van der Waals surface area contributed by atoms with Gasteiger partial charge >= 0.3 is 5.97 Å². The Morgan fingerprint density at radius 2 is 1.67 bits per heavy atom. The number of carbonyl (C=O) groups excluding carboxylic acids is 1. The highest BCUT2D eigenvalue weighted by atomic mass is 16.5. The summed E-state index contributed by atoms with van der Waals surface area (Å²) >= 11 is 0.